The van der Waals surface area contributed by atoms with Crippen molar-refractivity contribution < 1.29 is 28.7 Å². The molecule has 0 aliphatic heterocycles. The molecule has 9 heteroatoms. The second-order valence-electron chi connectivity index (χ2n) is 6.16. The molecule has 156 valence electrons. The van der Waals surface area contributed by atoms with E-state index < -0.39 is 23.4 Å². The summed E-state index contributed by atoms with van der Waals surface area (Å²) in [6.45, 7) is 4.70. The van der Waals surface area contributed by atoms with E-state index in [0.29, 0.717) is 5.69 Å². The zero-order valence-corrected chi connectivity index (χ0v) is 16.7. The summed E-state index contributed by atoms with van der Waals surface area (Å²) in [6.07, 6.45) is 1.22. The predicted molar refractivity (Wildman–Crippen MR) is 102 cm³/mol. The van der Waals surface area contributed by atoms with Crippen molar-refractivity contribution in [3.63, 3.8) is 0 Å². The van der Waals surface area contributed by atoms with Crippen LogP contribution in [0.1, 0.15) is 32.0 Å². The van der Waals surface area contributed by atoms with Gasteiger partial charge in [0.2, 0.25) is 11.4 Å². The molecule has 2 rings (SSSR count). The van der Waals surface area contributed by atoms with E-state index in [1.807, 2.05) is 30.3 Å². The Balaban J connectivity index is 2.32. The van der Waals surface area contributed by atoms with E-state index in [1.54, 1.807) is 19.9 Å². The number of nitrogens with one attached hydrogen (secondary N) is 1. The molecule has 1 N–H and O–H groups in total. The van der Waals surface area contributed by atoms with Gasteiger partial charge < -0.3 is 19.6 Å². The number of ether oxygens (including phenoxy) is 2. The maximum atomic E-state index is 12.7. The van der Waals surface area contributed by atoms with Crippen LogP contribution < -0.4 is 10.2 Å². The first kappa shape index (κ1) is 21.9. The lowest BCUT2D eigenvalue weighted by atomic mass is 9.93. The van der Waals surface area contributed by atoms with Crippen LogP contribution in [0.3, 0.4) is 0 Å². The molecular weight excluding hydrogens is 378 g/mol. The molecule has 0 unspecified atom stereocenters. The monoisotopic (exact) mass is 403 g/mol. The van der Waals surface area contributed by atoms with Gasteiger partial charge in [-0.2, -0.15) is 0 Å². The van der Waals surface area contributed by atoms with Crippen LogP contribution in [0.5, 0.6) is 0 Å². The van der Waals surface area contributed by atoms with Crippen molar-refractivity contribution in [2.24, 2.45) is 0 Å². The first-order valence-corrected chi connectivity index (χ1v) is 9.26. The van der Waals surface area contributed by atoms with Crippen LogP contribution in [0.2, 0.25) is 0 Å². The van der Waals surface area contributed by atoms with Gasteiger partial charge in [0.05, 0.1) is 25.1 Å². The van der Waals surface area contributed by atoms with E-state index in [4.69, 9.17) is 14.3 Å². The number of benzene rings is 1. The zero-order chi connectivity index (χ0) is 21.3. The normalized spacial score (nSPS) is 10.9. The molecule has 0 atom stereocenters. The van der Waals surface area contributed by atoms with Crippen molar-refractivity contribution in [1.29, 1.82) is 0 Å². The maximum Gasteiger partial charge on any atom is 0.344 e. The van der Waals surface area contributed by atoms with E-state index >= 15 is 0 Å². The first-order valence-electron chi connectivity index (χ1n) is 9.26. The Morgan fingerprint density at radius 3 is 2.21 bits per heavy atom. The van der Waals surface area contributed by atoms with Gasteiger partial charge in [0.15, 0.2) is 0 Å². The summed E-state index contributed by atoms with van der Waals surface area (Å²) in [5.41, 5.74) is -0.750. The van der Waals surface area contributed by atoms with Crippen LogP contribution >= 0.6 is 0 Å². The molecule has 9 nitrogen and oxygen atoms in total. The number of rotatable bonds is 10. The summed E-state index contributed by atoms with van der Waals surface area (Å²) in [5, 5.41) is 6.50. The average molecular weight is 403 g/mol. The van der Waals surface area contributed by atoms with Crippen molar-refractivity contribution in [1.82, 2.24) is 15.3 Å². The zero-order valence-electron chi connectivity index (χ0n) is 16.7. The van der Waals surface area contributed by atoms with Gasteiger partial charge in [0.1, 0.15) is 6.61 Å². The van der Waals surface area contributed by atoms with Crippen molar-refractivity contribution in [3.8, 4) is 0 Å². The number of nitrogens with zero attached hydrogens (tertiary/aromatic N) is 2. The number of hydrogen-bond donors (Lipinski definition) is 1. The first-order chi connectivity index (χ1) is 13.9. The van der Waals surface area contributed by atoms with Crippen molar-refractivity contribution in [3.05, 3.63) is 53.9 Å². The van der Waals surface area contributed by atoms with Gasteiger partial charge in [-0.3, -0.25) is 4.79 Å². The SMILES string of the molecule is CCOC(=O)C(Cc1ccnn1OCc1ccccc1)(NC(C)=O)C(=O)OCC. The van der Waals surface area contributed by atoms with Crippen molar-refractivity contribution in [2.45, 2.75) is 39.3 Å². The highest BCUT2D eigenvalue weighted by atomic mass is 16.7. The average Bonchev–Trinajstić information content (AvgIpc) is 3.13. The number of amides is 1. The molecule has 0 spiro atoms. The highest BCUT2D eigenvalue weighted by Gasteiger charge is 2.51. The molecule has 0 radical (unpaired) electrons. The van der Waals surface area contributed by atoms with Gasteiger partial charge in [-0.1, -0.05) is 30.3 Å². The maximum absolute atomic E-state index is 12.7. The van der Waals surface area contributed by atoms with Crippen LogP contribution in [0.4, 0.5) is 0 Å². The lowest BCUT2D eigenvalue weighted by Gasteiger charge is -2.29. The van der Waals surface area contributed by atoms with Crippen LogP contribution in [0.15, 0.2) is 42.6 Å². The molecular formula is C20H25N3O6. The number of carbonyl (C=O) groups is 3. The molecule has 1 heterocycles. The Bertz CT molecular complexity index is 816. The third-order valence-corrected chi connectivity index (χ3v) is 3.96. The minimum Gasteiger partial charge on any atom is -0.464 e. The van der Waals surface area contributed by atoms with Crippen molar-refractivity contribution in [2.75, 3.05) is 13.2 Å². The Labute approximate surface area is 168 Å². The third kappa shape index (κ3) is 5.56. The molecule has 29 heavy (non-hydrogen) atoms. The van der Waals surface area contributed by atoms with Gasteiger partial charge in [0, 0.05) is 13.3 Å². The van der Waals surface area contributed by atoms with Crippen LogP contribution in [-0.4, -0.2) is 46.5 Å². The van der Waals surface area contributed by atoms with Crippen LogP contribution in [-0.2, 0) is 36.9 Å². The molecule has 1 aromatic carbocycles. The van der Waals surface area contributed by atoms with Gasteiger partial charge in [0.25, 0.3) is 0 Å². The molecule has 0 aliphatic carbocycles. The Hall–Kier alpha value is -3.36. The highest BCUT2D eigenvalue weighted by molar-refractivity contribution is 6.08. The quantitative estimate of drug-likeness (QED) is 0.467. The third-order valence-electron chi connectivity index (χ3n) is 3.96. The van der Waals surface area contributed by atoms with Crippen LogP contribution in [0, 0.1) is 0 Å². The van der Waals surface area contributed by atoms with E-state index in [9.17, 15) is 14.4 Å². The molecule has 0 aliphatic rings. The fraction of sp³-hybridized carbons (Fsp3) is 0.400. The number of aromatic nitrogens is 2. The summed E-state index contributed by atoms with van der Waals surface area (Å²) in [5.74, 6) is -2.41. The standard InChI is InChI=1S/C20H25N3O6/c1-4-27-18(25)20(22-15(3)24,19(26)28-5-2)13-17-11-12-21-23(17)29-14-16-9-7-6-8-10-16/h6-12H,4-5,13-14H2,1-3H3,(H,22,24). The second kappa shape index (κ2) is 10.3. The van der Waals surface area contributed by atoms with E-state index in [2.05, 4.69) is 10.4 Å². The van der Waals surface area contributed by atoms with E-state index in [-0.39, 0.29) is 26.2 Å². The minimum atomic E-state index is -2.05. The molecule has 0 saturated heterocycles. The smallest absolute Gasteiger partial charge is 0.344 e. The number of esters is 2. The van der Waals surface area contributed by atoms with Gasteiger partial charge >= 0.3 is 11.9 Å². The molecule has 0 bridgehead atoms. The van der Waals surface area contributed by atoms with E-state index in [1.165, 1.54) is 18.0 Å². The van der Waals surface area contributed by atoms with Gasteiger partial charge in [-0.15, -0.1) is 9.94 Å². The predicted octanol–water partition coefficient (Wildman–Crippen LogP) is 1.06. The highest BCUT2D eigenvalue weighted by Crippen LogP contribution is 2.19. The molecule has 0 saturated carbocycles. The summed E-state index contributed by atoms with van der Waals surface area (Å²) in [6, 6.07) is 11.0. The van der Waals surface area contributed by atoms with Gasteiger partial charge in [-0.05, 0) is 25.5 Å². The Morgan fingerprint density at radius 2 is 1.66 bits per heavy atom. The lowest BCUT2D eigenvalue weighted by Crippen LogP contribution is -2.62. The van der Waals surface area contributed by atoms with Gasteiger partial charge in [-0.25, -0.2) is 9.59 Å². The molecule has 0 fully saturated rings. The minimum absolute atomic E-state index is 0.0311. The summed E-state index contributed by atoms with van der Waals surface area (Å²) in [7, 11) is 0. The van der Waals surface area contributed by atoms with Crippen molar-refractivity contribution >= 4 is 17.8 Å². The molecule has 2 aromatic rings. The molecule has 1 amide bonds. The Morgan fingerprint density at radius 1 is 1.03 bits per heavy atom. The fourth-order valence-electron chi connectivity index (χ4n) is 2.73. The summed E-state index contributed by atoms with van der Waals surface area (Å²) >= 11 is 0. The number of carbonyl (C=O) groups excluding carboxylic acids is 3. The number of hydrogen-bond acceptors (Lipinski definition) is 7. The van der Waals surface area contributed by atoms with Crippen LogP contribution in [0.25, 0.3) is 0 Å². The second-order valence-corrected chi connectivity index (χ2v) is 6.16. The largest absolute Gasteiger partial charge is 0.464 e. The summed E-state index contributed by atoms with van der Waals surface area (Å²) < 4.78 is 10.1. The Kier molecular flexibility index (Phi) is 7.76. The topological polar surface area (TPSA) is 109 Å². The van der Waals surface area contributed by atoms with E-state index in [0.717, 1.165) is 5.56 Å². The summed E-state index contributed by atoms with van der Waals surface area (Å²) in [4.78, 5) is 44.2. The fourth-order valence-corrected chi connectivity index (χ4v) is 2.73. The molecule has 1 aromatic heterocycles. The lowest BCUT2D eigenvalue weighted by molar-refractivity contribution is -0.168.